The van der Waals surface area contributed by atoms with Gasteiger partial charge in [-0.3, -0.25) is 4.79 Å². The van der Waals surface area contributed by atoms with Gasteiger partial charge in [0.05, 0.1) is 17.6 Å². The number of carbonyl (C=O) groups excluding carboxylic acids is 1. The van der Waals surface area contributed by atoms with E-state index in [1.807, 2.05) is 41.2 Å². The predicted octanol–water partition coefficient (Wildman–Crippen LogP) is 3.69. The van der Waals surface area contributed by atoms with Crippen molar-refractivity contribution in [3.05, 3.63) is 83.6 Å². The van der Waals surface area contributed by atoms with E-state index in [0.717, 1.165) is 28.9 Å². The van der Waals surface area contributed by atoms with Gasteiger partial charge in [0.15, 0.2) is 0 Å². The average Bonchev–Trinajstić information content (AvgIpc) is 3.31. The molecule has 0 fully saturated rings. The van der Waals surface area contributed by atoms with Gasteiger partial charge in [-0.2, -0.15) is 5.10 Å². The summed E-state index contributed by atoms with van der Waals surface area (Å²) in [7, 11) is 0. The molecule has 0 bridgehead atoms. The predicted molar refractivity (Wildman–Crippen MR) is 100 cm³/mol. The van der Waals surface area contributed by atoms with Crippen molar-refractivity contribution in [3.63, 3.8) is 0 Å². The normalized spacial score (nSPS) is 13.7. The maximum absolute atomic E-state index is 13.4. The fourth-order valence-corrected chi connectivity index (χ4v) is 3.69. The highest BCUT2D eigenvalue weighted by atomic mass is 19.1. The molecule has 0 aliphatic carbocycles. The fraction of sp³-hybridized carbons (Fsp3) is 0.143. The number of hydrogen-bond donors (Lipinski definition) is 1. The zero-order valence-electron chi connectivity index (χ0n) is 14.5. The van der Waals surface area contributed by atoms with Crippen molar-refractivity contribution >= 4 is 16.8 Å². The minimum atomic E-state index is -0.309. The second-order valence-electron chi connectivity index (χ2n) is 6.76. The van der Waals surface area contributed by atoms with Crippen LogP contribution in [-0.4, -0.2) is 32.1 Å². The topological polar surface area (TPSA) is 53.9 Å². The van der Waals surface area contributed by atoms with Crippen LogP contribution in [0.3, 0.4) is 0 Å². The number of carbonyl (C=O) groups is 1. The number of rotatable bonds is 2. The molecule has 0 saturated heterocycles. The van der Waals surface area contributed by atoms with Crippen LogP contribution in [0.2, 0.25) is 0 Å². The van der Waals surface area contributed by atoms with Gasteiger partial charge in [-0.25, -0.2) is 9.07 Å². The van der Waals surface area contributed by atoms with Crippen LogP contribution in [0.5, 0.6) is 0 Å². The van der Waals surface area contributed by atoms with E-state index < -0.39 is 0 Å². The van der Waals surface area contributed by atoms with Gasteiger partial charge in [0.1, 0.15) is 11.5 Å². The molecule has 6 heteroatoms. The molecular formula is C21H17FN4O. The van der Waals surface area contributed by atoms with E-state index in [9.17, 15) is 9.18 Å². The average molecular weight is 360 g/mol. The van der Waals surface area contributed by atoms with Gasteiger partial charge in [0, 0.05) is 36.0 Å². The van der Waals surface area contributed by atoms with Crippen LogP contribution in [0.15, 0.2) is 60.8 Å². The number of H-pyrrole nitrogens is 1. The van der Waals surface area contributed by atoms with Crippen LogP contribution in [0.1, 0.15) is 21.7 Å². The highest BCUT2D eigenvalue weighted by molar-refractivity contribution is 5.98. The second-order valence-corrected chi connectivity index (χ2v) is 6.76. The highest BCUT2D eigenvalue weighted by Crippen LogP contribution is 2.24. The Morgan fingerprint density at radius 1 is 1.11 bits per heavy atom. The Bertz CT molecular complexity index is 1150. The quantitative estimate of drug-likeness (QED) is 0.593. The van der Waals surface area contributed by atoms with Crippen molar-refractivity contribution in [2.75, 3.05) is 6.54 Å². The van der Waals surface area contributed by atoms with E-state index in [-0.39, 0.29) is 11.7 Å². The molecule has 1 aliphatic heterocycles. The Balaban J connectivity index is 1.42. The molecule has 0 radical (unpaired) electrons. The summed E-state index contributed by atoms with van der Waals surface area (Å²) < 4.78 is 15.3. The van der Waals surface area contributed by atoms with Crippen molar-refractivity contribution < 1.29 is 9.18 Å². The van der Waals surface area contributed by atoms with Crippen molar-refractivity contribution in [1.29, 1.82) is 0 Å². The number of hydrogen-bond acceptors (Lipinski definition) is 2. The number of halogens is 1. The third-order valence-corrected chi connectivity index (χ3v) is 5.04. The van der Waals surface area contributed by atoms with Crippen molar-refractivity contribution in [2.24, 2.45) is 0 Å². The van der Waals surface area contributed by atoms with Crippen LogP contribution in [0, 0.1) is 5.82 Å². The van der Waals surface area contributed by atoms with E-state index in [4.69, 9.17) is 0 Å². The molecule has 5 nitrogen and oxygen atoms in total. The molecule has 0 unspecified atom stereocenters. The van der Waals surface area contributed by atoms with Gasteiger partial charge in [-0.1, -0.05) is 18.2 Å². The Morgan fingerprint density at radius 3 is 2.81 bits per heavy atom. The lowest BCUT2D eigenvalue weighted by Crippen LogP contribution is -2.36. The van der Waals surface area contributed by atoms with E-state index in [1.54, 1.807) is 17.0 Å². The number of para-hydroxylation sites is 1. The minimum Gasteiger partial charge on any atom is -0.351 e. The minimum absolute atomic E-state index is 0.0790. The Labute approximate surface area is 155 Å². The van der Waals surface area contributed by atoms with Crippen molar-refractivity contribution in [3.8, 4) is 5.69 Å². The number of benzene rings is 2. The summed E-state index contributed by atoms with van der Waals surface area (Å²) in [5, 5.41) is 5.21. The molecule has 1 N–H and O–H groups in total. The summed E-state index contributed by atoms with van der Waals surface area (Å²) in [4.78, 5) is 17.8. The number of aromatic nitrogens is 3. The van der Waals surface area contributed by atoms with Crippen LogP contribution >= 0.6 is 0 Å². The monoisotopic (exact) mass is 360 g/mol. The van der Waals surface area contributed by atoms with E-state index in [1.165, 1.54) is 12.1 Å². The van der Waals surface area contributed by atoms with Gasteiger partial charge in [-0.05, 0) is 36.4 Å². The van der Waals surface area contributed by atoms with Gasteiger partial charge in [-0.15, -0.1) is 0 Å². The lowest BCUT2D eigenvalue weighted by Gasteiger charge is -2.27. The summed E-state index contributed by atoms with van der Waals surface area (Å²) in [6, 6.07) is 16.2. The second kappa shape index (κ2) is 6.09. The number of nitrogens with zero attached hydrogens (tertiary/aromatic N) is 3. The molecular weight excluding hydrogens is 343 g/mol. The standard InChI is InChI=1S/C21H17FN4O/c22-16-6-7-18-14(10-16)11-19(24-18)21(27)25-9-8-20-15(13-25)12-23-26(20)17-4-2-1-3-5-17/h1-7,10-12,24H,8-9,13H2. The molecule has 0 atom stereocenters. The van der Waals surface area contributed by atoms with Gasteiger partial charge in [0.25, 0.3) is 5.91 Å². The lowest BCUT2D eigenvalue weighted by atomic mass is 10.1. The Hall–Kier alpha value is -3.41. The summed E-state index contributed by atoms with van der Waals surface area (Å²) in [6.07, 6.45) is 2.58. The largest absolute Gasteiger partial charge is 0.351 e. The SMILES string of the molecule is O=C(c1cc2cc(F)ccc2[nH]1)N1CCc2c(cnn2-c2ccccc2)C1. The number of aromatic amines is 1. The van der Waals surface area contributed by atoms with Crippen LogP contribution in [0.25, 0.3) is 16.6 Å². The molecule has 2 aromatic heterocycles. The Kier molecular flexibility index (Phi) is 3.57. The first-order valence-electron chi connectivity index (χ1n) is 8.88. The van der Waals surface area contributed by atoms with Gasteiger partial charge in [0.2, 0.25) is 0 Å². The summed E-state index contributed by atoms with van der Waals surface area (Å²) in [6.45, 7) is 1.14. The smallest absolute Gasteiger partial charge is 0.270 e. The molecule has 3 heterocycles. The van der Waals surface area contributed by atoms with Gasteiger partial charge >= 0.3 is 0 Å². The first kappa shape index (κ1) is 15.8. The van der Waals surface area contributed by atoms with Gasteiger partial charge < -0.3 is 9.88 Å². The molecule has 27 heavy (non-hydrogen) atoms. The molecule has 1 aliphatic rings. The third-order valence-electron chi connectivity index (χ3n) is 5.04. The fourth-order valence-electron chi connectivity index (χ4n) is 3.69. The molecule has 134 valence electrons. The number of nitrogens with one attached hydrogen (secondary N) is 1. The number of fused-ring (bicyclic) bond motifs is 2. The maximum atomic E-state index is 13.4. The maximum Gasteiger partial charge on any atom is 0.270 e. The summed E-state index contributed by atoms with van der Waals surface area (Å²) in [5.41, 5.74) is 4.46. The van der Waals surface area contributed by atoms with E-state index in [2.05, 4.69) is 10.1 Å². The molecule has 4 aromatic rings. The van der Waals surface area contributed by atoms with Crippen molar-refractivity contribution in [1.82, 2.24) is 19.7 Å². The third kappa shape index (κ3) is 2.70. The molecule has 1 amide bonds. The summed E-state index contributed by atoms with van der Waals surface area (Å²) in [5.74, 6) is -0.388. The highest BCUT2D eigenvalue weighted by Gasteiger charge is 2.26. The zero-order chi connectivity index (χ0) is 18.4. The lowest BCUT2D eigenvalue weighted by molar-refractivity contribution is 0.0729. The molecule has 0 saturated carbocycles. The first-order valence-corrected chi connectivity index (χ1v) is 8.88. The van der Waals surface area contributed by atoms with E-state index >= 15 is 0 Å². The Morgan fingerprint density at radius 2 is 1.96 bits per heavy atom. The first-order chi connectivity index (χ1) is 13.2. The molecule has 2 aromatic carbocycles. The van der Waals surface area contributed by atoms with Crippen molar-refractivity contribution in [2.45, 2.75) is 13.0 Å². The summed E-state index contributed by atoms with van der Waals surface area (Å²) >= 11 is 0. The van der Waals surface area contributed by atoms with E-state index in [0.29, 0.717) is 24.2 Å². The number of amides is 1. The van der Waals surface area contributed by atoms with Crippen LogP contribution < -0.4 is 0 Å². The van der Waals surface area contributed by atoms with Crippen LogP contribution in [0.4, 0.5) is 4.39 Å². The zero-order valence-corrected chi connectivity index (χ0v) is 14.5. The van der Waals surface area contributed by atoms with Crippen LogP contribution in [-0.2, 0) is 13.0 Å². The molecule has 0 spiro atoms. The molecule has 5 rings (SSSR count).